The average Bonchev–Trinajstić information content (AvgIpc) is 2.90. The fourth-order valence-electron chi connectivity index (χ4n) is 1.54. The molecule has 0 saturated carbocycles. The van der Waals surface area contributed by atoms with Crippen LogP contribution in [-0.4, -0.2) is 37.1 Å². The minimum absolute atomic E-state index is 0.470. The zero-order valence-electron chi connectivity index (χ0n) is 11.1. The molecule has 2 rings (SSSR count). The number of hydrogen-bond acceptors (Lipinski definition) is 6. The number of methoxy groups -OCH3 is 1. The summed E-state index contributed by atoms with van der Waals surface area (Å²) in [5, 5.41) is 3.92. The molecule has 108 valence electrons. The molecule has 0 aliphatic heterocycles. The first kappa shape index (κ1) is 15.0. The summed E-state index contributed by atoms with van der Waals surface area (Å²) in [4.78, 5) is 4.32. The molecule has 20 heavy (non-hydrogen) atoms. The van der Waals surface area contributed by atoms with Crippen molar-refractivity contribution in [2.24, 2.45) is 0 Å². The van der Waals surface area contributed by atoms with E-state index in [2.05, 4.69) is 26.1 Å². The first-order valence-electron chi connectivity index (χ1n) is 6.15. The molecule has 7 heteroatoms. The molecule has 0 atom stereocenters. The SMILES string of the molecule is COCCOCCc1noc(-c2ccc(N)c(Br)c2)n1. The van der Waals surface area contributed by atoms with E-state index in [0.717, 1.165) is 10.0 Å². The predicted molar refractivity (Wildman–Crippen MR) is 78.2 cm³/mol. The Morgan fingerprint density at radius 3 is 2.90 bits per heavy atom. The highest BCUT2D eigenvalue weighted by molar-refractivity contribution is 9.10. The highest BCUT2D eigenvalue weighted by atomic mass is 79.9. The molecule has 0 bridgehead atoms. The summed E-state index contributed by atoms with van der Waals surface area (Å²) >= 11 is 3.37. The van der Waals surface area contributed by atoms with Gasteiger partial charge in [-0.25, -0.2) is 0 Å². The minimum atomic E-state index is 0.470. The Balaban J connectivity index is 1.93. The van der Waals surface area contributed by atoms with Gasteiger partial charge in [-0.05, 0) is 34.1 Å². The number of anilines is 1. The lowest BCUT2D eigenvalue weighted by Crippen LogP contribution is -2.05. The molecule has 0 aliphatic carbocycles. The number of nitrogen functional groups attached to an aromatic ring is 1. The molecular formula is C13H16BrN3O3. The van der Waals surface area contributed by atoms with Gasteiger partial charge in [-0.15, -0.1) is 0 Å². The van der Waals surface area contributed by atoms with Gasteiger partial charge in [0.15, 0.2) is 5.82 Å². The number of aromatic nitrogens is 2. The molecule has 0 spiro atoms. The van der Waals surface area contributed by atoms with Gasteiger partial charge in [-0.3, -0.25) is 0 Å². The molecule has 6 nitrogen and oxygen atoms in total. The topological polar surface area (TPSA) is 83.4 Å². The molecule has 0 fully saturated rings. The van der Waals surface area contributed by atoms with Crippen molar-refractivity contribution < 1.29 is 14.0 Å². The van der Waals surface area contributed by atoms with Crippen LogP contribution in [0.2, 0.25) is 0 Å². The van der Waals surface area contributed by atoms with Gasteiger partial charge in [0.2, 0.25) is 0 Å². The second kappa shape index (κ2) is 7.37. The van der Waals surface area contributed by atoms with E-state index in [4.69, 9.17) is 19.7 Å². The Morgan fingerprint density at radius 2 is 2.15 bits per heavy atom. The van der Waals surface area contributed by atoms with Crippen molar-refractivity contribution in [1.82, 2.24) is 10.1 Å². The Morgan fingerprint density at radius 1 is 1.30 bits per heavy atom. The Bertz CT molecular complexity index is 560. The Hall–Kier alpha value is -1.44. The number of ether oxygens (including phenoxy) is 2. The van der Waals surface area contributed by atoms with Crippen molar-refractivity contribution in [2.75, 3.05) is 32.7 Å². The monoisotopic (exact) mass is 341 g/mol. The Kier molecular flexibility index (Phi) is 5.51. The lowest BCUT2D eigenvalue weighted by molar-refractivity contribution is 0.0714. The Labute approximate surface area is 125 Å². The number of rotatable bonds is 7. The summed E-state index contributed by atoms with van der Waals surface area (Å²) in [7, 11) is 1.64. The van der Waals surface area contributed by atoms with Crippen molar-refractivity contribution in [3.8, 4) is 11.5 Å². The minimum Gasteiger partial charge on any atom is -0.398 e. The summed E-state index contributed by atoms with van der Waals surface area (Å²) < 4.78 is 16.3. The van der Waals surface area contributed by atoms with Crippen LogP contribution in [0.5, 0.6) is 0 Å². The van der Waals surface area contributed by atoms with E-state index in [0.29, 0.717) is 43.6 Å². The third kappa shape index (κ3) is 4.03. The lowest BCUT2D eigenvalue weighted by atomic mass is 10.2. The van der Waals surface area contributed by atoms with Gasteiger partial charge in [-0.1, -0.05) is 5.16 Å². The highest BCUT2D eigenvalue weighted by Crippen LogP contribution is 2.26. The molecule has 2 N–H and O–H groups in total. The van der Waals surface area contributed by atoms with Gasteiger partial charge in [0.25, 0.3) is 5.89 Å². The van der Waals surface area contributed by atoms with Crippen LogP contribution in [0.25, 0.3) is 11.5 Å². The van der Waals surface area contributed by atoms with E-state index in [-0.39, 0.29) is 0 Å². The van der Waals surface area contributed by atoms with E-state index in [1.54, 1.807) is 13.2 Å². The van der Waals surface area contributed by atoms with E-state index >= 15 is 0 Å². The van der Waals surface area contributed by atoms with Crippen LogP contribution in [0.15, 0.2) is 27.2 Å². The summed E-state index contributed by atoms with van der Waals surface area (Å²) in [5.74, 6) is 1.09. The normalized spacial score (nSPS) is 10.9. The fraction of sp³-hybridized carbons (Fsp3) is 0.385. The zero-order valence-corrected chi connectivity index (χ0v) is 12.7. The maximum absolute atomic E-state index is 5.74. The molecule has 1 aromatic carbocycles. The van der Waals surface area contributed by atoms with Gasteiger partial charge in [0.05, 0.1) is 19.8 Å². The number of hydrogen-bond donors (Lipinski definition) is 1. The summed E-state index contributed by atoms with van der Waals surface area (Å²) in [6, 6.07) is 5.48. The zero-order chi connectivity index (χ0) is 14.4. The van der Waals surface area contributed by atoms with Gasteiger partial charge >= 0.3 is 0 Å². The van der Waals surface area contributed by atoms with E-state index in [1.165, 1.54) is 0 Å². The van der Waals surface area contributed by atoms with Crippen molar-refractivity contribution in [1.29, 1.82) is 0 Å². The molecule has 0 saturated heterocycles. The average molecular weight is 342 g/mol. The number of nitrogens with zero attached hydrogens (tertiary/aromatic N) is 2. The third-order valence-corrected chi connectivity index (χ3v) is 3.30. The maximum Gasteiger partial charge on any atom is 0.257 e. The quantitative estimate of drug-likeness (QED) is 0.614. The van der Waals surface area contributed by atoms with Gasteiger partial charge in [-0.2, -0.15) is 4.98 Å². The van der Waals surface area contributed by atoms with Gasteiger partial charge in [0, 0.05) is 29.3 Å². The summed E-state index contributed by atoms with van der Waals surface area (Å²) in [5.41, 5.74) is 7.23. The predicted octanol–water partition coefficient (Wildman–Crippen LogP) is 2.29. The molecule has 1 aromatic heterocycles. The summed E-state index contributed by atoms with van der Waals surface area (Å²) in [6.45, 7) is 1.68. The largest absolute Gasteiger partial charge is 0.398 e. The van der Waals surface area contributed by atoms with Gasteiger partial charge in [0.1, 0.15) is 0 Å². The molecule has 0 unspecified atom stereocenters. The van der Waals surface area contributed by atoms with Crippen LogP contribution >= 0.6 is 15.9 Å². The number of halogens is 1. The summed E-state index contributed by atoms with van der Waals surface area (Å²) in [6.07, 6.45) is 0.601. The third-order valence-electron chi connectivity index (χ3n) is 2.62. The first-order chi connectivity index (χ1) is 9.70. The van der Waals surface area contributed by atoms with Crippen LogP contribution in [-0.2, 0) is 15.9 Å². The van der Waals surface area contributed by atoms with Crippen LogP contribution in [0.4, 0.5) is 5.69 Å². The molecule has 1 heterocycles. The second-order valence-electron chi connectivity index (χ2n) is 4.11. The molecule has 0 radical (unpaired) electrons. The first-order valence-corrected chi connectivity index (χ1v) is 6.94. The standard InChI is InChI=1S/C13H16BrN3O3/c1-18-6-7-19-5-4-12-16-13(20-17-12)9-2-3-11(15)10(14)8-9/h2-3,8H,4-7,15H2,1H3. The maximum atomic E-state index is 5.74. The van der Waals surface area contributed by atoms with E-state index in [9.17, 15) is 0 Å². The van der Waals surface area contributed by atoms with Crippen LogP contribution in [0.1, 0.15) is 5.82 Å². The number of nitrogens with two attached hydrogens (primary N) is 1. The van der Waals surface area contributed by atoms with Crippen LogP contribution in [0, 0.1) is 0 Å². The highest BCUT2D eigenvalue weighted by Gasteiger charge is 2.10. The second-order valence-corrected chi connectivity index (χ2v) is 4.96. The molecule has 0 amide bonds. The van der Waals surface area contributed by atoms with Crippen LogP contribution < -0.4 is 5.73 Å². The smallest absolute Gasteiger partial charge is 0.257 e. The van der Waals surface area contributed by atoms with E-state index < -0.39 is 0 Å². The molecule has 0 aliphatic rings. The van der Waals surface area contributed by atoms with Crippen molar-refractivity contribution in [3.05, 3.63) is 28.5 Å². The van der Waals surface area contributed by atoms with Crippen molar-refractivity contribution in [2.45, 2.75) is 6.42 Å². The van der Waals surface area contributed by atoms with Crippen molar-refractivity contribution >= 4 is 21.6 Å². The molecular weight excluding hydrogens is 326 g/mol. The molecule has 2 aromatic rings. The fourth-order valence-corrected chi connectivity index (χ4v) is 1.92. The number of benzene rings is 1. The van der Waals surface area contributed by atoms with Crippen LogP contribution in [0.3, 0.4) is 0 Å². The lowest BCUT2D eigenvalue weighted by Gasteiger charge is -2.00. The van der Waals surface area contributed by atoms with Gasteiger partial charge < -0.3 is 19.7 Å². The van der Waals surface area contributed by atoms with E-state index in [1.807, 2.05) is 12.1 Å². The van der Waals surface area contributed by atoms with Crippen molar-refractivity contribution in [3.63, 3.8) is 0 Å².